The first-order valence-corrected chi connectivity index (χ1v) is 8.62. The van der Waals surface area contributed by atoms with Crippen LogP contribution in [0.15, 0.2) is 78.0 Å². The number of aliphatic imine (C=N–C) groups is 1. The molecule has 27 heavy (non-hydrogen) atoms. The molecule has 0 unspecified atom stereocenters. The van der Waals surface area contributed by atoms with E-state index >= 15 is 0 Å². The molecule has 134 valence electrons. The highest BCUT2D eigenvalue weighted by atomic mass is 16.5. The molecule has 0 fully saturated rings. The topological polar surface area (TPSA) is 75.6 Å². The van der Waals surface area contributed by atoms with E-state index in [4.69, 9.17) is 4.74 Å². The molecule has 0 bridgehead atoms. The summed E-state index contributed by atoms with van der Waals surface area (Å²) in [5, 5.41) is 6.07. The summed E-state index contributed by atoms with van der Waals surface area (Å²) in [5.41, 5.74) is 2.95. The van der Waals surface area contributed by atoms with Crippen LogP contribution in [0.4, 0.5) is 11.4 Å². The standard InChI is InChI=1S/C21H18N4O2/c26-21(14-23-20-12-15-4-1-2-6-19(15)25-20)24-16-7-9-17(10-8-16)27-18-5-3-11-22-13-18/h1-11,13H,12,14H2,(H,23,25)(H,24,26). The van der Waals surface area contributed by atoms with Crippen LogP contribution in [0.5, 0.6) is 11.5 Å². The number of pyridine rings is 1. The second-order valence-electron chi connectivity index (χ2n) is 6.09. The zero-order chi connectivity index (χ0) is 18.5. The van der Waals surface area contributed by atoms with Crippen molar-refractivity contribution in [3.05, 3.63) is 78.6 Å². The number of carbonyl (C=O) groups is 1. The van der Waals surface area contributed by atoms with E-state index in [2.05, 4.69) is 26.7 Å². The summed E-state index contributed by atoms with van der Waals surface area (Å²) < 4.78 is 5.68. The minimum atomic E-state index is -0.166. The second kappa shape index (κ2) is 7.70. The van der Waals surface area contributed by atoms with Gasteiger partial charge in [-0.2, -0.15) is 0 Å². The van der Waals surface area contributed by atoms with Gasteiger partial charge in [-0.25, -0.2) is 0 Å². The lowest BCUT2D eigenvalue weighted by Crippen LogP contribution is -2.17. The highest BCUT2D eigenvalue weighted by Crippen LogP contribution is 2.23. The Morgan fingerprint density at radius 2 is 1.93 bits per heavy atom. The van der Waals surface area contributed by atoms with Crippen LogP contribution in [0.3, 0.4) is 0 Å². The van der Waals surface area contributed by atoms with Crippen molar-refractivity contribution in [2.45, 2.75) is 6.42 Å². The average Bonchev–Trinajstić information content (AvgIpc) is 3.12. The molecule has 0 saturated carbocycles. The summed E-state index contributed by atoms with van der Waals surface area (Å²) in [5.74, 6) is 1.98. The van der Waals surface area contributed by atoms with E-state index in [1.165, 1.54) is 5.56 Å². The molecule has 0 spiro atoms. The van der Waals surface area contributed by atoms with E-state index in [9.17, 15) is 4.79 Å². The van der Waals surface area contributed by atoms with Crippen molar-refractivity contribution in [2.24, 2.45) is 4.99 Å². The summed E-state index contributed by atoms with van der Waals surface area (Å²) in [7, 11) is 0. The third-order valence-corrected chi connectivity index (χ3v) is 4.08. The lowest BCUT2D eigenvalue weighted by molar-refractivity contribution is -0.114. The molecular weight excluding hydrogens is 340 g/mol. The van der Waals surface area contributed by atoms with Crippen molar-refractivity contribution >= 4 is 23.1 Å². The molecule has 2 heterocycles. The molecule has 1 aliphatic heterocycles. The number of ether oxygens (including phenoxy) is 1. The fourth-order valence-corrected chi connectivity index (χ4v) is 2.79. The molecule has 6 heteroatoms. The molecule has 2 aromatic carbocycles. The molecule has 6 nitrogen and oxygen atoms in total. The number of nitrogens with zero attached hydrogens (tertiary/aromatic N) is 2. The highest BCUT2D eigenvalue weighted by Gasteiger charge is 2.15. The fourth-order valence-electron chi connectivity index (χ4n) is 2.79. The van der Waals surface area contributed by atoms with E-state index in [1.54, 1.807) is 36.7 Å². The molecule has 1 amide bonds. The smallest absolute Gasteiger partial charge is 0.246 e. The summed E-state index contributed by atoms with van der Waals surface area (Å²) in [6, 6.07) is 18.8. The molecule has 0 aliphatic carbocycles. The number of fused-ring (bicyclic) bond motifs is 1. The predicted octanol–water partition coefficient (Wildman–Crippen LogP) is 3.88. The van der Waals surface area contributed by atoms with Crippen molar-refractivity contribution < 1.29 is 9.53 Å². The van der Waals surface area contributed by atoms with E-state index in [0.29, 0.717) is 17.2 Å². The van der Waals surface area contributed by atoms with Gasteiger partial charge in [0.05, 0.1) is 6.20 Å². The maximum atomic E-state index is 12.1. The van der Waals surface area contributed by atoms with E-state index in [-0.39, 0.29) is 12.5 Å². The van der Waals surface area contributed by atoms with E-state index in [1.807, 2.05) is 30.3 Å². The van der Waals surface area contributed by atoms with Crippen LogP contribution in [-0.4, -0.2) is 23.3 Å². The zero-order valence-electron chi connectivity index (χ0n) is 14.6. The number of hydrogen-bond donors (Lipinski definition) is 2. The monoisotopic (exact) mass is 358 g/mol. The number of amidine groups is 1. The minimum absolute atomic E-state index is 0.0737. The Bertz CT molecular complexity index is 942. The van der Waals surface area contributed by atoms with Crippen LogP contribution in [-0.2, 0) is 11.2 Å². The summed E-state index contributed by atoms with van der Waals surface area (Å²) in [6.45, 7) is 0.0737. The Labute approximate surface area is 156 Å². The Kier molecular flexibility index (Phi) is 4.78. The summed E-state index contributed by atoms with van der Waals surface area (Å²) >= 11 is 0. The van der Waals surface area contributed by atoms with Crippen molar-refractivity contribution in [3.8, 4) is 11.5 Å². The van der Waals surface area contributed by atoms with Crippen LogP contribution < -0.4 is 15.4 Å². The highest BCUT2D eigenvalue weighted by molar-refractivity contribution is 6.04. The van der Waals surface area contributed by atoms with Crippen molar-refractivity contribution in [1.82, 2.24) is 4.98 Å². The maximum absolute atomic E-state index is 12.1. The number of rotatable bonds is 5. The normalized spacial score (nSPS) is 13.7. The van der Waals surface area contributed by atoms with Crippen molar-refractivity contribution in [1.29, 1.82) is 0 Å². The second-order valence-corrected chi connectivity index (χ2v) is 6.09. The zero-order valence-corrected chi connectivity index (χ0v) is 14.6. The number of carbonyl (C=O) groups excluding carboxylic acids is 1. The minimum Gasteiger partial charge on any atom is -0.456 e. The Morgan fingerprint density at radius 3 is 2.70 bits per heavy atom. The molecule has 0 saturated heterocycles. The summed E-state index contributed by atoms with van der Waals surface area (Å²) in [6.07, 6.45) is 4.06. The van der Waals surface area contributed by atoms with Crippen molar-refractivity contribution in [2.75, 3.05) is 17.2 Å². The van der Waals surface area contributed by atoms with Gasteiger partial charge in [0.1, 0.15) is 23.9 Å². The van der Waals surface area contributed by atoms with Crippen LogP contribution in [0, 0.1) is 0 Å². The molecule has 1 aliphatic rings. The van der Waals surface area contributed by atoms with E-state index < -0.39 is 0 Å². The van der Waals surface area contributed by atoms with Gasteiger partial charge in [0, 0.05) is 24.0 Å². The van der Waals surface area contributed by atoms with E-state index in [0.717, 1.165) is 17.9 Å². The third kappa shape index (κ3) is 4.30. The number of anilines is 2. The van der Waals surface area contributed by atoms with Crippen LogP contribution in [0.25, 0.3) is 0 Å². The van der Waals surface area contributed by atoms with Crippen LogP contribution in [0.2, 0.25) is 0 Å². The number of benzene rings is 2. The predicted molar refractivity (Wildman–Crippen MR) is 105 cm³/mol. The molecule has 0 atom stereocenters. The van der Waals surface area contributed by atoms with Gasteiger partial charge >= 0.3 is 0 Å². The van der Waals surface area contributed by atoms with Gasteiger partial charge in [-0.3, -0.25) is 14.8 Å². The van der Waals surface area contributed by atoms with Gasteiger partial charge in [-0.15, -0.1) is 0 Å². The number of amides is 1. The van der Waals surface area contributed by atoms with Gasteiger partial charge < -0.3 is 15.4 Å². The number of hydrogen-bond acceptors (Lipinski definition) is 4. The maximum Gasteiger partial charge on any atom is 0.246 e. The Morgan fingerprint density at radius 1 is 1.07 bits per heavy atom. The molecule has 0 radical (unpaired) electrons. The van der Waals surface area contributed by atoms with Crippen LogP contribution in [0.1, 0.15) is 5.56 Å². The molecule has 1 aromatic heterocycles. The Balaban J connectivity index is 1.30. The average molecular weight is 358 g/mol. The van der Waals surface area contributed by atoms with Gasteiger partial charge in [0.2, 0.25) is 5.91 Å². The van der Waals surface area contributed by atoms with Crippen molar-refractivity contribution in [3.63, 3.8) is 0 Å². The number of para-hydroxylation sites is 1. The molecule has 3 aromatic rings. The SMILES string of the molecule is O=C(CN=C1Cc2ccccc2N1)Nc1ccc(Oc2cccnc2)cc1. The first-order valence-electron chi connectivity index (χ1n) is 8.62. The molecule has 2 N–H and O–H groups in total. The number of nitrogens with one attached hydrogen (secondary N) is 2. The largest absolute Gasteiger partial charge is 0.456 e. The van der Waals surface area contributed by atoms with Crippen LogP contribution >= 0.6 is 0 Å². The summed E-state index contributed by atoms with van der Waals surface area (Å²) in [4.78, 5) is 20.5. The van der Waals surface area contributed by atoms with Gasteiger partial charge in [-0.1, -0.05) is 18.2 Å². The van der Waals surface area contributed by atoms with Gasteiger partial charge in [0.15, 0.2) is 0 Å². The lowest BCUT2D eigenvalue weighted by atomic mass is 10.2. The first-order chi connectivity index (χ1) is 13.3. The Hall–Kier alpha value is -3.67. The fraction of sp³-hybridized carbons (Fsp3) is 0.0952. The molecule has 4 rings (SSSR count). The quantitative estimate of drug-likeness (QED) is 0.726. The third-order valence-electron chi connectivity index (χ3n) is 4.08. The lowest BCUT2D eigenvalue weighted by Gasteiger charge is -2.07. The number of aromatic nitrogens is 1. The first kappa shape index (κ1) is 16.8. The van der Waals surface area contributed by atoms with Gasteiger partial charge in [-0.05, 0) is 48.0 Å². The van der Waals surface area contributed by atoms with Gasteiger partial charge in [0.25, 0.3) is 0 Å². The molecular formula is C21H18N4O2.